The van der Waals surface area contributed by atoms with Crippen molar-refractivity contribution in [3.05, 3.63) is 78.4 Å². The Bertz CT molecular complexity index is 1590. The van der Waals surface area contributed by atoms with Crippen molar-refractivity contribution in [2.24, 2.45) is 0 Å². The first-order chi connectivity index (χ1) is 18.1. The van der Waals surface area contributed by atoms with Crippen LogP contribution >= 0.6 is 0 Å². The summed E-state index contributed by atoms with van der Waals surface area (Å²) >= 11 is 0. The molecule has 186 valence electrons. The van der Waals surface area contributed by atoms with Gasteiger partial charge >= 0.3 is 0 Å². The normalized spacial score (nSPS) is 13.6. The summed E-state index contributed by atoms with van der Waals surface area (Å²) in [6.07, 6.45) is 7.50. The van der Waals surface area contributed by atoms with Gasteiger partial charge in [0.05, 0.1) is 22.7 Å². The predicted octanol–water partition coefficient (Wildman–Crippen LogP) is 6.64. The molecule has 7 heteroatoms. The maximum Gasteiger partial charge on any atom is 0.257 e. The van der Waals surface area contributed by atoms with E-state index in [2.05, 4.69) is 75.5 Å². The van der Waals surface area contributed by atoms with Gasteiger partial charge in [-0.1, -0.05) is 51.5 Å². The highest BCUT2D eigenvalue weighted by molar-refractivity contribution is 5.94. The van der Waals surface area contributed by atoms with Gasteiger partial charge in [0.2, 0.25) is 0 Å². The maximum absolute atomic E-state index is 9.46. The fraction of sp³-hybridized carbons (Fsp3) is 0.300. The van der Waals surface area contributed by atoms with Gasteiger partial charge in [-0.05, 0) is 60.7 Å². The second kappa shape index (κ2) is 9.98. The van der Waals surface area contributed by atoms with Gasteiger partial charge in [0, 0.05) is 29.9 Å². The average molecular weight is 490 g/mol. The first-order valence-corrected chi connectivity index (χ1v) is 13.0. The molecule has 2 aromatic carbocycles. The van der Waals surface area contributed by atoms with Crippen molar-refractivity contribution in [1.82, 2.24) is 24.6 Å². The quantitative estimate of drug-likeness (QED) is 0.266. The lowest BCUT2D eigenvalue weighted by atomic mass is 10.0. The van der Waals surface area contributed by atoms with Crippen LogP contribution in [0.25, 0.3) is 27.8 Å². The van der Waals surface area contributed by atoms with Crippen molar-refractivity contribution in [3.63, 3.8) is 0 Å². The molecule has 0 radical (unpaired) electrons. The third-order valence-corrected chi connectivity index (χ3v) is 6.94. The number of nitriles is 1. The zero-order valence-electron chi connectivity index (χ0n) is 21.8. The molecule has 0 saturated heterocycles. The molecule has 0 amide bonds. The molecule has 7 nitrogen and oxygen atoms in total. The molecule has 1 fully saturated rings. The molecule has 6 rings (SSSR count). The molecule has 5 aromatic rings. The van der Waals surface area contributed by atoms with E-state index >= 15 is 0 Å². The zero-order chi connectivity index (χ0) is 26.0. The molecule has 3 heterocycles. The number of rotatable bonds is 6. The van der Waals surface area contributed by atoms with Crippen LogP contribution in [0.2, 0.25) is 0 Å². The molecular formula is C30H31N7. The van der Waals surface area contributed by atoms with Crippen molar-refractivity contribution in [3.8, 4) is 17.2 Å². The van der Waals surface area contributed by atoms with Crippen LogP contribution in [-0.2, 0) is 11.8 Å². The fourth-order valence-electron chi connectivity index (χ4n) is 4.71. The van der Waals surface area contributed by atoms with Crippen molar-refractivity contribution in [2.75, 3.05) is 11.9 Å². The number of anilines is 2. The lowest BCUT2D eigenvalue weighted by Gasteiger charge is -2.21. The van der Waals surface area contributed by atoms with Gasteiger partial charge in [-0.15, -0.1) is 10.2 Å². The summed E-state index contributed by atoms with van der Waals surface area (Å²) < 4.78 is 1.95. The minimum absolute atomic E-state index is 0.370. The topological polar surface area (TPSA) is 83.0 Å². The molecule has 0 N–H and O–H groups in total. The Morgan fingerprint density at radius 1 is 1.05 bits per heavy atom. The smallest absolute Gasteiger partial charge is 0.257 e. The molecule has 0 bridgehead atoms. The van der Waals surface area contributed by atoms with Crippen molar-refractivity contribution in [1.29, 1.82) is 5.26 Å². The Kier molecular flexibility index (Phi) is 6.58. The van der Waals surface area contributed by atoms with E-state index in [1.165, 1.54) is 5.56 Å². The van der Waals surface area contributed by atoms with Gasteiger partial charge in [0.15, 0.2) is 0 Å². The Hall–Kier alpha value is -4.31. The minimum Gasteiger partial charge on any atom is -0.329 e. The van der Waals surface area contributed by atoms with Crippen LogP contribution in [0.3, 0.4) is 0 Å². The molecule has 0 unspecified atom stereocenters. The van der Waals surface area contributed by atoms with E-state index in [-0.39, 0.29) is 5.41 Å². The highest BCUT2D eigenvalue weighted by Crippen LogP contribution is 2.46. The molecule has 0 atom stereocenters. The third kappa shape index (κ3) is 4.40. The first-order valence-electron chi connectivity index (χ1n) is 13.0. The second-order valence-corrected chi connectivity index (χ2v) is 9.27. The lowest BCUT2D eigenvalue weighted by Crippen LogP contribution is -2.13. The number of hydrogen-bond donors (Lipinski definition) is 0. The van der Waals surface area contributed by atoms with Crippen LogP contribution in [0.15, 0.2) is 67.1 Å². The largest absolute Gasteiger partial charge is 0.329 e. The van der Waals surface area contributed by atoms with Crippen LogP contribution in [0.4, 0.5) is 11.5 Å². The van der Waals surface area contributed by atoms with Crippen LogP contribution in [-0.4, -0.2) is 31.6 Å². The van der Waals surface area contributed by atoms with Gasteiger partial charge in [0.1, 0.15) is 12.1 Å². The van der Waals surface area contributed by atoms with Crippen LogP contribution in [0, 0.1) is 11.3 Å². The standard InChI is InChI=1S/C28H25N7.C2H6/c1-3-5-19-8-10-23-24(14-19)35-18-31-33-27(35)32-26(23)34(2)22-7-4-6-20(15-22)21-9-11-25(30-16-21)28(17-29)12-13-28;1-2/h4,6-11,14-16,18H,3,5,12-13H2,1-2H3;1-2H3. The number of nitrogens with zero attached hydrogens (tertiary/aromatic N) is 7. The van der Waals surface area contributed by atoms with Gasteiger partial charge in [-0.2, -0.15) is 10.2 Å². The molecule has 1 saturated carbocycles. The van der Waals surface area contributed by atoms with E-state index in [1.807, 2.05) is 43.6 Å². The van der Waals surface area contributed by atoms with Crippen molar-refractivity contribution >= 4 is 28.2 Å². The Morgan fingerprint density at radius 2 is 1.89 bits per heavy atom. The van der Waals surface area contributed by atoms with E-state index in [4.69, 9.17) is 4.98 Å². The summed E-state index contributed by atoms with van der Waals surface area (Å²) in [5.41, 5.74) is 5.94. The highest BCUT2D eigenvalue weighted by Gasteiger charge is 2.46. The van der Waals surface area contributed by atoms with E-state index in [9.17, 15) is 5.26 Å². The van der Waals surface area contributed by atoms with Crippen LogP contribution < -0.4 is 4.90 Å². The summed E-state index contributed by atoms with van der Waals surface area (Å²) in [7, 11) is 2.03. The number of pyridine rings is 1. The summed E-state index contributed by atoms with van der Waals surface area (Å²) in [5.74, 6) is 1.41. The Balaban J connectivity index is 0.00000137. The number of aryl methyl sites for hydroxylation is 1. The summed E-state index contributed by atoms with van der Waals surface area (Å²) in [6.45, 7) is 6.19. The summed E-state index contributed by atoms with van der Waals surface area (Å²) in [6, 6.07) is 21.3. The first kappa shape index (κ1) is 24.4. The minimum atomic E-state index is -0.370. The van der Waals surface area contributed by atoms with Crippen molar-refractivity contribution in [2.45, 2.75) is 51.9 Å². The van der Waals surface area contributed by atoms with E-state index < -0.39 is 0 Å². The van der Waals surface area contributed by atoms with Gasteiger partial charge in [-0.3, -0.25) is 9.38 Å². The molecular weight excluding hydrogens is 458 g/mol. The fourth-order valence-corrected chi connectivity index (χ4v) is 4.71. The molecule has 1 aliphatic carbocycles. The molecule has 3 aromatic heterocycles. The SMILES string of the molecule is CC.CCCc1ccc2c(N(C)c3cccc(-c4ccc(C5(C#N)CC5)nc4)c3)nc3nncn3c2c1. The molecule has 0 spiro atoms. The number of fused-ring (bicyclic) bond motifs is 3. The summed E-state index contributed by atoms with van der Waals surface area (Å²) in [4.78, 5) is 11.6. The monoisotopic (exact) mass is 489 g/mol. The predicted molar refractivity (Wildman–Crippen MR) is 148 cm³/mol. The Morgan fingerprint density at radius 3 is 2.59 bits per heavy atom. The van der Waals surface area contributed by atoms with E-state index in [1.54, 1.807) is 6.33 Å². The van der Waals surface area contributed by atoms with Crippen LogP contribution in [0.5, 0.6) is 0 Å². The van der Waals surface area contributed by atoms with Crippen molar-refractivity contribution < 1.29 is 0 Å². The number of benzene rings is 2. The maximum atomic E-state index is 9.46. The molecule has 0 aliphatic heterocycles. The summed E-state index contributed by atoms with van der Waals surface area (Å²) in [5, 5.41) is 18.8. The van der Waals surface area contributed by atoms with E-state index in [0.717, 1.165) is 64.9 Å². The third-order valence-electron chi connectivity index (χ3n) is 6.94. The van der Waals surface area contributed by atoms with Crippen LogP contribution in [0.1, 0.15) is 51.3 Å². The Labute approximate surface area is 217 Å². The number of aromatic nitrogens is 5. The van der Waals surface area contributed by atoms with Gasteiger partial charge < -0.3 is 4.90 Å². The van der Waals surface area contributed by atoms with Gasteiger partial charge in [-0.25, -0.2) is 0 Å². The zero-order valence-corrected chi connectivity index (χ0v) is 21.8. The van der Waals surface area contributed by atoms with E-state index in [0.29, 0.717) is 5.78 Å². The van der Waals surface area contributed by atoms with Gasteiger partial charge in [0.25, 0.3) is 5.78 Å². The lowest BCUT2D eigenvalue weighted by molar-refractivity contribution is 0.855. The highest BCUT2D eigenvalue weighted by atomic mass is 15.3. The average Bonchev–Trinajstić information content (AvgIpc) is 3.62. The second-order valence-electron chi connectivity index (χ2n) is 9.27. The molecule has 1 aliphatic rings. The number of hydrogen-bond acceptors (Lipinski definition) is 6. The molecule has 37 heavy (non-hydrogen) atoms.